The third-order valence-corrected chi connectivity index (χ3v) is 3.14. The highest BCUT2D eigenvalue weighted by molar-refractivity contribution is 6.28. The standard InChI is InChI=1S/C11H12ClN3O/c1-7-3-2-6-15-11(7)13-10(14-15)8-4-5-9(12)16-8/h4-5,7H,2-3,6H2,1H3. The molecule has 0 N–H and O–H groups in total. The third kappa shape index (κ3) is 1.53. The summed E-state index contributed by atoms with van der Waals surface area (Å²) >= 11 is 5.74. The Balaban J connectivity index is 2.04. The van der Waals surface area contributed by atoms with Crippen LogP contribution in [-0.4, -0.2) is 14.8 Å². The van der Waals surface area contributed by atoms with Gasteiger partial charge in [-0.25, -0.2) is 9.67 Å². The summed E-state index contributed by atoms with van der Waals surface area (Å²) in [6.07, 6.45) is 2.34. The zero-order chi connectivity index (χ0) is 11.1. The van der Waals surface area contributed by atoms with Gasteiger partial charge in [0.25, 0.3) is 0 Å². The topological polar surface area (TPSA) is 43.9 Å². The molecule has 0 spiro atoms. The van der Waals surface area contributed by atoms with Crippen LogP contribution in [0.5, 0.6) is 0 Å². The van der Waals surface area contributed by atoms with E-state index in [1.54, 1.807) is 12.1 Å². The third-order valence-electron chi connectivity index (χ3n) is 2.94. The van der Waals surface area contributed by atoms with Gasteiger partial charge in [0.1, 0.15) is 5.82 Å². The van der Waals surface area contributed by atoms with Gasteiger partial charge in [-0.1, -0.05) is 6.92 Å². The quantitative estimate of drug-likeness (QED) is 0.766. The summed E-state index contributed by atoms with van der Waals surface area (Å²) in [5.74, 6) is 2.80. The molecule has 2 aromatic rings. The Bertz CT molecular complexity index is 517. The number of hydrogen-bond acceptors (Lipinski definition) is 3. The Morgan fingerprint density at radius 3 is 3.06 bits per heavy atom. The lowest BCUT2D eigenvalue weighted by Crippen LogP contribution is -2.14. The van der Waals surface area contributed by atoms with Gasteiger partial charge < -0.3 is 4.42 Å². The Morgan fingerprint density at radius 1 is 1.50 bits per heavy atom. The summed E-state index contributed by atoms with van der Waals surface area (Å²) in [7, 11) is 0. The zero-order valence-electron chi connectivity index (χ0n) is 8.98. The van der Waals surface area contributed by atoms with Crippen molar-refractivity contribution in [2.24, 2.45) is 0 Å². The maximum absolute atomic E-state index is 5.74. The van der Waals surface area contributed by atoms with E-state index in [-0.39, 0.29) is 0 Å². The van der Waals surface area contributed by atoms with Gasteiger partial charge in [0.05, 0.1) is 0 Å². The van der Waals surface area contributed by atoms with Gasteiger partial charge in [-0.3, -0.25) is 0 Å². The molecule has 1 aliphatic heterocycles. The van der Waals surface area contributed by atoms with Crippen LogP contribution in [-0.2, 0) is 6.54 Å². The molecule has 0 aliphatic carbocycles. The van der Waals surface area contributed by atoms with Crippen molar-refractivity contribution in [1.29, 1.82) is 0 Å². The molecule has 0 aromatic carbocycles. The second-order valence-electron chi connectivity index (χ2n) is 4.16. The first-order chi connectivity index (χ1) is 7.74. The van der Waals surface area contributed by atoms with Crippen LogP contribution in [0.15, 0.2) is 16.5 Å². The SMILES string of the molecule is CC1CCCn2nc(-c3ccc(Cl)o3)nc21. The van der Waals surface area contributed by atoms with Crippen molar-refractivity contribution in [3.8, 4) is 11.6 Å². The molecular weight excluding hydrogens is 226 g/mol. The Hall–Kier alpha value is -1.29. The molecule has 0 fully saturated rings. The van der Waals surface area contributed by atoms with Crippen molar-refractivity contribution >= 4 is 11.6 Å². The Labute approximate surface area is 98.2 Å². The van der Waals surface area contributed by atoms with Crippen molar-refractivity contribution in [2.75, 3.05) is 0 Å². The minimum Gasteiger partial charge on any atom is -0.441 e. The predicted octanol–water partition coefficient (Wildman–Crippen LogP) is 3.09. The molecule has 3 heterocycles. The van der Waals surface area contributed by atoms with Gasteiger partial charge in [-0.15, -0.1) is 5.10 Å². The molecule has 0 saturated heterocycles. The molecule has 0 bridgehead atoms. The molecule has 5 heteroatoms. The summed E-state index contributed by atoms with van der Waals surface area (Å²) in [5.41, 5.74) is 0. The van der Waals surface area contributed by atoms with Crippen LogP contribution in [0.4, 0.5) is 0 Å². The van der Waals surface area contributed by atoms with Crippen LogP contribution < -0.4 is 0 Å². The van der Waals surface area contributed by atoms with E-state index >= 15 is 0 Å². The molecule has 1 aliphatic rings. The lowest BCUT2D eigenvalue weighted by molar-refractivity contribution is 0.432. The minimum absolute atomic E-state index is 0.371. The number of halogens is 1. The van der Waals surface area contributed by atoms with Gasteiger partial charge >= 0.3 is 0 Å². The van der Waals surface area contributed by atoms with E-state index in [0.717, 1.165) is 18.8 Å². The van der Waals surface area contributed by atoms with Crippen molar-refractivity contribution in [3.63, 3.8) is 0 Å². The number of aromatic nitrogens is 3. The maximum atomic E-state index is 5.74. The van der Waals surface area contributed by atoms with E-state index in [2.05, 4.69) is 17.0 Å². The molecule has 3 rings (SSSR count). The van der Waals surface area contributed by atoms with Crippen molar-refractivity contribution < 1.29 is 4.42 Å². The van der Waals surface area contributed by atoms with E-state index in [1.165, 1.54) is 6.42 Å². The molecular formula is C11H12ClN3O. The molecule has 0 radical (unpaired) electrons. The average Bonchev–Trinajstić information content (AvgIpc) is 2.84. The van der Waals surface area contributed by atoms with E-state index in [4.69, 9.17) is 16.0 Å². The van der Waals surface area contributed by atoms with Gasteiger partial charge in [-0.05, 0) is 36.6 Å². The van der Waals surface area contributed by atoms with Crippen molar-refractivity contribution in [3.05, 3.63) is 23.2 Å². The summed E-state index contributed by atoms with van der Waals surface area (Å²) in [6, 6.07) is 3.51. The van der Waals surface area contributed by atoms with Crippen LogP contribution in [0, 0.1) is 0 Å². The molecule has 0 amide bonds. The molecule has 1 atom stereocenters. The normalized spacial score (nSPS) is 19.8. The molecule has 2 aromatic heterocycles. The van der Waals surface area contributed by atoms with E-state index in [9.17, 15) is 0 Å². The zero-order valence-corrected chi connectivity index (χ0v) is 9.74. The first-order valence-electron chi connectivity index (χ1n) is 5.44. The fourth-order valence-electron chi connectivity index (χ4n) is 2.10. The van der Waals surface area contributed by atoms with Crippen LogP contribution in [0.25, 0.3) is 11.6 Å². The molecule has 0 saturated carbocycles. The smallest absolute Gasteiger partial charge is 0.217 e. The van der Waals surface area contributed by atoms with Crippen molar-refractivity contribution in [2.45, 2.75) is 32.2 Å². The second-order valence-corrected chi connectivity index (χ2v) is 4.54. The molecule has 84 valence electrons. The van der Waals surface area contributed by atoms with E-state index in [0.29, 0.717) is 22.7 Å². The predicted molar refractivity (Wildman–Crippen MR) is 60.4 cm³/mol. The number of furan rings is 1. The number of aryl methyl sites for hydroxylation is 1. The maximum Gasteiger partial charge on any atom is 0.217 e. The van der Waals surface area contributed by atoms with E-state index in [1.807, 2.05) is 4.68 Å². The highest BCUT2D eigenvalue weighted by Crippen LogP contribution is 2.28. The fraction of sp³-hybridized carbons (Fsp3) is 0.455. The number of nitrogens with zero attached hydrogens (tertiary/aromatic N) is 3. The number of rotatable bonds is 1. The Kier molecular flexibility index (Phi) is 2.24. The lowest BCUT2D eigenvalue weighted by atomic mass is 10.0. The molecule has 1 unspecified atom stereocenters. The monoisotopic (exact) mass is 237 g/mol. The van der Waals surface area contributed by atoms with Gasteiger partial charge in [0.15, 0.2) is 11.0 Å². The Morgan fingerprint density at radius 2 is 2.38 bits per heavy atom. The van der Waals surface area contributed by atoms with Gasteiger partial charge in [-0.2, -0.15) is 0 Å². The number of hydrogen-bond donors (Lipinski definition) is 0. The average molecular weight is 238 g/mol. The van der Waals surface area contributed by atoms with E-state index < -0.39 is 0 Å². The highest BCUT2D eigenvalue weighted by atomic mass is 35.5. The highest BCUT2D eigenvalue weighted by Gasteiger charge is 2.22. The van der Waals surface area contributed by atoms with Crippen molar-refractivity contribution in [1.82, 2.24) is 14.8 Å². The summed E-state index contributed by atoms with van der Waals surface area (Å²) in [6.45, 7) is 3.12. The van der Waals surface area contributed by atoms with Crippen LogP contribution in [0.2, 0.25) is 5.22 Å². The lowest BCUT2D eigenvalue weighted by Gasteiger charge is -2.17. The largest absolute Gasteiger partial charge is 0.441 e. The first kappa shape index (κ1) is 9.90. The van der Waals surface area contributed by atoms with Gasteiger partial charge in [0, 0.05) is 12.5 Å². The molecule has 4 nitrogen and oxygen atoms in total. The van der Waals surface area contributed by atoms with Crippen LogP contribution in [0.1, 0.15) is 31.5 Å². The van der Waals surface area contributed by atoms with Crippen LogP contribution >= 0.6 is 11.6 Å². The molecule has 16 heavy (non-hydrogen) atoms. The summed E-state index contributed by atoms with van der Waals surface area (Å²) in [4.78, 5) is 4.51. The van der Waals surface area contributed by atoms with Crippen LogP contribution in [0.3, 0.4) is 0 Å². The number of fused-ring (bicyclic) bond motifs is 1. The minimum atomic E-state index is 0.371. The summed E-state index contributed by atoms with van der Waals surface area (Å²) < 4.78 is 7.28. The fourth-order valence-corrected chi connectivity index (χ4v) is 2.24. The second kappa shape index (κ2) is 3.63. The van der Waals surface area contributed by atoms with Gasteiger partial charge in [0.2, 0.25) is 5.82 Å². The summed E-state index contributed by atoms with van der Waals surface area (Å²) in [5, 5.41) is 4.81. The first-order valence-corrected chi connectivity index (χ1v) is 5.82.